The van der Waals surface area contributed by atoms with E-state index in [1.165, 1.54) is 0 Å². The number of hydrogen-bond acceptors (Lipinski definition) is 3. The predicted octanol–water partition coefficient (Wildman–Crippen LogP) is 0.00327. The van der Waals surface area contributed by atoms with Gasteiger partial charge in [-0.25, -0.2) is 0 Å². The van der Waals surface area contributed by atoms with Gasteiger partial charge in [-0.2, -0.15) is 5.48 Å². The quantitative estimate of drug-likeness (QED) is 0.329. The molecule has 0 spiro atoms. The number of hydrogen-bond donors (Lipinski definition) is 3. The van der Waals surface area contributed by atoms with Crippen molar-refractivity contribution in [2.45, 2.75) is 13.0 Å². The van der Waals surface area contributed by atoms with Crippen molar-refractivity contribution in [1.29, 1.82) is 5.41 Å². The standard InChI is InChI=1S/C3H8N2O/c1-3(2-4)5-6/h2-6H,1H3. The third-order valence-corrected chi connectivity index (χ3v) is 0.454. The lowest BCUT2D eigenvalue weighted by atomic mass is 10.4. The lowest BCUT2D eigenvalue weighted by Gasteiger charge is -1.95. The van der Waals surface area contributed by atoms with Gasteiger partial charge in [0.25, 0.3) is 0 Å². The Kier molecular flexibility index (Phi) is 2.62. The molecule has 1 unspecified atom stereocenters. The lowest BCUT2D eigenvalue weighted by Crippen LogP contribution is -2.22. The Labute approximate surface area is 36.5 Å². The Balaban J connectivity index is 2.96. The molecule has 3 heteroatoms. The van der Waals surface area contributed by atoms with Crippen molar-refractivity contribution in [2.24, 2.45) is 0 Å². The van der Waals surface area contributed by atoms with Crippen LogP contribution in [0.4, 0.5) is 0 Å². The molecule has 1 atom stereocenters. The van der Waals surface area contributed by atoms with Gasteiger partial charge in [0.1, 0.15) is 0 Å². The highest BCUT2D eigenvalue weighted by Crippen LogP contribution is 1.64. The van der Waals surface area contributed by atoms with Crippen LogP contribution in [-0.4, -0.2) is 17.5 Å². The van der Waals surface area contributed by atoms with Crippen LogP contribution < -0.4 is 5.48 Å². The summed E-state index contributed by atoms with van der Waals surface area (Å²) in [6.07, 6.45) is 1.11. The van der Waals surface area contributed by atoms with Crippen LogP contribution in [0.15, 0.2) is 0 Å². The third kappa shape index (κ3) is 1.87. The summed E-state index contributed by atoms with van der Waals surface area (Å²) in [4.78, 5) is 0. The minimum absolute atomic E-state index is 0.218. The molecule has 0 aliphatic carbocycles. The zero-order valence-corrected chi connectivity index (χ0v) is 3.60. The van der Waals surface area contributed by atoms with Gasteiger partial charge in [0.2, 0.25) is 0 Å². The second-order valence-electron chi connectivity index (χ2n) is 1.08. The van der Waals surface area contributed by atoms with Crippen molar-refractivity contribution < 1.29 is 5.21 Å². The van der Waals surface area contributed by atoms with Crippen LogP contribution >= 0.6 is 0 Å². The summed E-state index contributed by atoms with van der Waals surface area (Å²) < 4.78 is 0. The van der Waals surface area contributed by atoms with Gasteiger partial charge in [0.15, 0.2) is 0 Å². The summed E-state index contributed by atoms with van der Waals surface area (Å²) >= 11 is 0. The van der Waals surface area contributed by atoms with E-state index in [-0.39, 0.29) is 6.04 Å². The summed E-state index contributed by atoms with van der Waals surface area (Å²) in [6.45, 7) is 1.67. The second-order valence-corrected chi connectivity index (χ2v) is 1.08. The van der Waals surface area contributed by atoms with E-state index in [1.807, 2.05) is 5.48 Å². The Hall–Kier alpha value is -0.410. The molecule has 0 saturated carbocycles. The predicted molar refractivity (Wildman–Crippen MR) is 23.2 cm³/mol. The monoisotopic (exact) mass is 88.1 g/mol. The molecule has 0 saturated heterocycles. The van der Waals surface area contributed by atoms with Crippen molar-refractivity contribution in [3.8, 4) is 0 Å². The molecule has 0 bridgehead atoms. The fourth-order valence-electron chi connectivity index (χ4n) is 0.0373. The Bertz CT molecular complexity index is 46.1. The van der Waals surface area contributed by atoms with Gasteiger partial charge in [0, 0.05) is 6.21 Å². The SMILES string of the molecule is CC(C=N)NO. The normalized spacial score (nSPS) is 13.7. The van der Waals surface area contributed by atoms with Crippen molar-refractivity contribution in [3.05, 3.63) is 0 Å². The van der Waals surface area contributed by atoms with Gasteiger partial charge >= 0.3 is 0 Å². The van der Waals surface area contributed by atoms with Gasteiger partial charge < -0.3 is 10.6 Å². The van der Waals surface area contributed by atoms with Crippen LogP contribution in [0.3, 0.4) is 0 Å². The summed E-state index contributed by atoms with van der Waals surface area (Å²) in [6, 6.07) is -0.218. The highest BCUT2D eigenvalue weighted by Gasteiger charge is 1.85. The van der Waals surface area contributed by atoms with E-state index in [9.17, 15) is 0 Å². The molecule has 3 nitrogen and oxygen atoms in total. The summed E-state index contributed by atoms with van der Waals surface area (Å²) in [5, 5.41) is 14.4. The van der Waals surface area contributed by atoms with Crippen LogP contribution in [0.1, 0.15) is 6.92 Å². The Morgan fingerprint density at radius 2 is 2.50 bits per heavy atom. The highest BCUT2D eigenvalue weighted by molar-refractivity contribution is 5.59. The molecule has 0 heterocycles. The molecule has 0 rings (SSSR count). The molecule has 0 fully saturated rings. The second kappa shape index (κ2) is 2.81. The molecule has 0 aromatic carbocycles. The molecule has 0 amide bonds. The zero-order valence-electron chi connectivity index (χ0n) is 3.60. The zero-order chi connectivity index (χ0) is 4.99. The Morgan fingerprint density at radius 3 is 2.50 bits per heavy atom. The Morgan fingerprint density at radius 1 is 2.00 bits per heavy atom. The van der Waals surface area contributed by atoms with Gasteiger partial charge in [0.05, 0.1) is 6.04 Å². The fourth-order valence-corrected chi connectivity index (χ4v) is 0.0373. The molecule has 0 aromatic rings. The topological polar surface area (TPSA) is 56.1 Å². The molecule has 0 aromatic heterocycles. The molecular formula is C3H8N2O. The van der Waals surface area contributed by atoms with Crippen LogP contribution in [0.5, 0.6) is 0 Å². The summed E-state index contributed by atoms with van der Waals surface area (Å²) in [7, 11) is 0. The summed E-state index contributed by atoms with van der Waals surface area (Å²) in [5.74, 6) is 0. The van der Waals surface area contributed by atoms with Crippen LogP contribution in [0, 0.1) is 5.41 Å². The van der Waals surface area contributed by atoms with E-state index < -0.39 is 0 Å². The molecular weight excluding hydrogens is 80.0 g/mol. The van der Waals surface area contributed by atoms with E-state index in [4.69, 9.17) is 10.6 Å². The van der Waals surface area contributed by atoms with Crippen molar-refractivity contribution in [2.75, 3.05) is 0 Å². The van der Waals surface area contributed by atoms with Gasteiger partial charge in [-0.3, -0.25) is 0 Å². The first-order valence-corrected chi connectivity index (χ1v) is 1.71. The molecule has 3 N–H and O–H groups in total. The first-order chi connectivity index (χ1) is 2.81. The molecule has 0 aliphatic heterocycles. The number of nitrogens with one attached hydrogen (secondary N) is 2. The first-order valence-electron chi connectivity index (χ1n) is 1.71. The van der Waals surface area contributed by atoms with E-state index in [2.05, 4.69) is 0 Å². The molecule has 6 heavy (non-hydrogen) atoms. The van der Waals surface area contributed by atoms with Crippen LogP contribution in [0.2, 0.25) is 0 Å². The third-order valence-electron chi connectivity index (χ3n) is 0.454. The van der Waals surface area contributed by atoms with Crippen molar-refractivity contribution >= 4 is 6.21 Å². The van der Waals surface area contributed by atoms with Gasteiger partial charge in [-0.1, -0.05) is 0 Å². The molecule has 36 valence electrons. The minimum atomic E-state index is -0.218. The van der Waals surface area contributed by atoms with E-state index >= 15 is 0 Å². The smallest absolute Gasteiger partial charge is 0.0636 e. The number of rotatable bonds is 2. The fraction of sp³-hybridized carbons (Fsp3) is 0.667. The van der Waals surface area contributed by atoms with Crippen LogP contribution in [0.25, 0.3) is 0 Å². The van der Waals surface area contributed by atoms with E-state index in [0.29, 0.717) is 0 Å². The molecule has 0 aliphatic rings. The minimum Gasteiger partial charge on any atom is -0.316 e. The first kappa shape index (κ1) is 5.59. The maximum atomic E-state index is 7.93. The molecule has 0 radical (unpaired) electrons. The van der Waals surface area contributed by atoms with Crippen molar-refractivity contribution in [1.82, 2.24) is 5.48 Å². The summed E-state index contributed by atoms with van der Waals surface area (Å²) in [5.41, 5.74) is 1.87. The number of hydroxylamine groups is 1. The largest absolute Gasteiger partial charge is 0.316 e. The van der Waals surface area contributed by atoms with E-state index in [0.717, 1.165) is 6.21 Å². The van der Waals surface area contributed by atoms with Gasteiger partial charge in [-0.05, 0) is 6.92 Å². The highest BCUT2D eigenvalue weighted by atomic mass is 16.5. The lowest BCUT2D eigenvalue weighted by molar-refractivity contribution is 0.157. The maximum absolute atomic E-state index is 7.93. The van der Waals surface area contributed by atoms with Crippen molar-refractivity contribution in [3.63, 3.8) is 0 Å². The average Bonchev–Trinajstić information content (AvgIpc) is 1.65. The van der Waals surface area contributed by atoms with E-state index in [1.54, 1.807) is 6.92 Å². The van der Waals surface area contributed by atoms with Crippen LogP contribution in [-0.2, 0) is 0 Å². The average molecular weight is 88.1 g/mol. The maximum Gasteiger partial charge on any atom is 0.0636 e. The van der Waals surface area contributed by atoms with Gasteiger partial charge in [-0.15, -0.1) is 0 Å².